The van der Waals surface area contributed by atoms with Crippen molar-refractivity contribution in [1.29, 1.82) is 0 Å². The number of sulfonamides is 2. The predicted molar refractivity (Wildman–Crippen MR) is 84.8 cm³/mol. The first-order valence-electron chi connectivity index (χ1n) is 6.01. The zero-order valence-electron chi connectivity index (χ0n) is 11.4. The van der Waals surface area contributed by atoms with Crippen LogP contribution in [0.1, 0.15) is 5.56 Å². The summed E-state index contributed by atoms with van der Waals surface area (Å²) in [6.45, 7) is 1.80. The van der Waals surface area contributed by atoms with Crippen LogP contribution in [0.2, 0.25) is 5.02 Å². The van der Waals surface area contributed by atoms with E-state index in [1.807, 2.05) is 0 Å². The molecule has 0 atom stereocenters. The summed E-state index contributed by atoms with van der Waals surface area (Å²) in [5.74, 6) is 0. The van der Waals surface area contributed by atoms with Gasteiger partial charge in [0.2, 0.25) is 10.0 Å². The Bertz CT molecular complexity index is 908. The van der Waals surface area contributed by atoms with Crippen LogP contribution in [0.25, 0.3) is 0 Å². The van der Waals surface area contributed by atoms with Crippen LogP contribution in [0.4, 0.5) is 5.69 Å². The number of rotatable bonds is 4. The summed E-state index contributed by atoms with van der Waals surface area (Å²) in [4.78, 5) is -0.249. The molecule has 3 N–H and O–H groups in total. The van der Waals surface area contributed by atoms with Crippen molar-refractivity contribution < 1.29 is 16.8 Å². The van der Waals surface area contributed by atoms with Gasteiger partial charge in [-0.1, -0.05) is 17.7 Å². The second-order valence-electron chi connectivity index (χ2n) is 4.59. The maximum atomic E-state index is 12.2. The maximum absolute atomic E-state index is 12.2. The first-order chi connectivity index (χ1) is 10.1. The van der Waals surface area contributed by atoms with Crippen molar-refractivity contribution in [3.8, 4) is 0 Å². The number of primary sulfonamides is 1. The molecule has 9 heteroatoms. The third kappa shape index (κ3) is 3.77. The molecule has 0 unspecified atom stereocenters. The van der Waals surface area contributed by atoms with E-state index in [4.69, 9.17) is 16.7 Å². The average Bonchev–Trinajstić information content (AvgIpc) is 2.42. The number of halogens is 1. The lowest BCUT2D eigenvalue weighted by Gasteiger charge is -2.09. The molecular formula is C13H13ClN2O4S2. The molecule has 0 aliphatic carbocycles. The second kappa shape index (κ2) is 5.88. The Morgan fingerprint density at radius 1 is 0.955 bits per heavy atom. The fourth-order valence-corrected chi connectivity index (χ4v) is 3.42. The van der Waals surface area contributed by atoms with E-state index in [2.05, 4.69) is 4.72 Å². The molecule has 0 aliphatic heterocycles. The highest BCUT2D eigenvalue weighted by Gasteiger charge is 2.16. The highest BCUT2D eigenvalue weighted by Crippen LogP contribution is 2.23. The molecule has 0 spiro atoms. The normalized spacial score (nSPS) is 12.1. The monoisotopic (exact) mass is 360 g/mol. The number of nitrogens with one attached hydrogen (secondary N) is 1. The molecule has 0 amide bonds. The second-order valence-corrected chi connectivity index (χ2v) is 8.24. The lowest BCUT2D eigenvalue weighted by Crippen LogP contribution is -2.15. The van der Waals surface area contributed by atoms with Gasteiger partial charge in [0.1, 0.15) is 0 Å². The minimum Gasteiger partial charge on any atom is -0.280 e. The van der Waals surface area contributed by atoms with Gasteiger partial charge in [0.05, 0.1) is 15.5 Å². The quantitative estimate of drug-likeness (QED) is 0.870. The van der Waals surface area contributed by atoms with Crippen molar-refractivity contribution in [2.45, 2.75) is 16.7 Å². The van der Waals surface area contributed by atoms with Gasteiger partial charge in [-0.3, -0.25) is 4.72 Å². The molecule has 6 nitrogen and oxygen atoms in total. The van der Waals surface area contributed by atoms with E-state index in [9.17, 15) is 16.8 Å². The summed E-state index contributed by atoms with van der Waals surface area (Å²) in [5, 5.41) is 5.40. The summed E-state index contributed by atoms with van der Waals surface area (Å²) in [6, 6.07) is 9.35. The number of benzene rings is 2. The van der Waals surface area contributed by atoms with Gasteiger partial charge in [0, 0.05) is 5.02 Å². The molecular weight excluding hydrogens is 348 g/mol. The smallest absolute Gasteiger partial charge is 0.261 e. The van der Waals surface area contributed by atoms with Crippen molar-refractivity contribution in [3.63, 3.8) is 0 Å². The molecule has 0 fully saturated rings. The summed E-state index contributed by atoms with van der Waals surface area (Å²) in [7, 11) is -7.72. The van der Waals surface area contributed by atoms with Crippen LogP contribution in [0.15, 0.2) is 52.3 Å². The van der Waals surface area contributed by atoms with Crippen molar-refractivity contribution in [3.05, 3.63) is 53.1 Å². The van der Waals surface area contributed by atoms with Gasteiger partial charge in [-0.25, -0.2) is 22.0 Å². The SMILES string of the molecule is Cc1ccc(NS(=O)(=O)c2ccc(S(N)(=O)=O)cc2)cc1Cl. The van der Waals surface area contributed by atoms with Crippen LogP contribution in [0.3, 0.4) is 0 Å². The molecule has 118 valence electrons. The van der Waals surface area contributed by atoms with Gasteiger partial charge in [-0.15, -0.1) is 0 Å². The zero-order chi connectivity index (χ0) is 16.5. The van der Waals surface area contributed by atoms with Crippen molar-refractivity contribution in [1.82, 2.24) is 0 Å². The van der Waals surface area contributed by atoms with Crippen LogP contribution in [-0.2, 0) is 20.0 Å². The minimum absolute atomic E-state index is 0.0865. The van der Waals surface area contributed by atoms with Gasteiger partial charge in [-0.05, 0) is 48.9 Å². The Labute approximate surface area is 134 Å². The topological polar surface area (TPSA) is 106 Å². The van der Waals surface area contributed by atoms with Crippen LogP contribution in [0, 0.1) is 6.92 Å². The van der Waals surface area contributed by atoms with E-state index in [0.29, 0.717) is 10.7 Å². The zero-order valence-corrected chi connectivity index (χ0v) is 13.8. The Morgan fingerprint density at radius 2 is 1.50 bits per heavy atom. The molecule has 2 aromatic carbocycles. The molecule has 0 aliphatic rings. The highest BCUT2D eigenvalue weighted by atomic mass is 35.5. The van der Waals surface area contributed by atoms with Crippen LogP contribution < -0.4 is 9.86 Å². The van der Waals surface area contributed by atoms with Gasteiger partial charge in [0.15, 0.2) is 0 Å². The number of anilines is 1. The van der Waals surface area contributed by atoms with Gasteiger partial charge < -0.3 is 0 Å². The van der Waals surface area contributed by atoms with Crippen LogP contribution in [0.5, 0.6) is 0 Å². The largest absolute Gasteiger partial charge is 0.280 e. The van der Waals surface area contributed by atoms with Crippen LogP contribution in [-0.4, -0.2) is 16.8 Å². The summed E-state index contributed by atoms with van der Waals surface area (Å²) in [6.07, 6.45) is 0. The standard InChI is InChI=1S/C13H13ClN2O4S2/c1-9-2-3-10(8-13(9)14)16-22(19,20)12-6-4-11(5-7-12)21(15,17)18/h2-8,16H,1H3,(H2,15,17,18). The van der Waals surface area contributed by atoms with Gasteiger partial charge in [-0.2, -0.15) is 0 Å². The minimum atomic E-state index is -3.87. The highest BCUT2D eigenvalue weighted by molar-refractivity contribution is 7.92. The van der Waals surface area contributed by atoms with Crippen LogP contribution >= 0.6 is 11.6 Å². The fourth-order valence-electron chi connectivity index (χ4n) is 1.68. The molecule has 0 aromatic heterocycles. The Balaban J connectivity index is 2.32. The lowest BCUT2D eigenvalue weighted by atomic mass is 10.2. The number of nitrogens with two attached hydrogens (primary N) is 1. The van der Waals surface area contributed by atoms with E-state index < -0.39 is 20.0 Å². The van der Waals surface area contributed by atoms with E-state index in [-0.39, 0.29) is 9.79 Å². The summed E-state index contributed by atoms with van der Waals surface area (Å²) in [5.41, 5.74) is 1.13. The van der Waals surface area contributed by atoms with Crippen molar-refractivity contribution in [2.24, 2.45) is 5.14 Å². The summed E-state index contributed by atoms with van der Waals surface area (Å²) >= 11 is 5.94. The molecule has 2 aromatic rings. The molecule has 0 saturated carbocycles. The van der Waals surface area contributed by atoms with Gasteiger partial charge in [0.25, 0.3) is 10.0 Å². The predicted octanol–water partition coefficient (Wildman–Crippen LogP) is 2.10. The first-order valence-corrected chi connectivity index (χ1v) is 9.42. The fraction of sp³-hybridized carbons (Fsp3) is 0.0769. The maximum Gasteiger partial charge on any atom is 0.261 e. The lowest BCUT2D eigenvalue weighted by molar-refractivity contribution is 0.595. The van der Waals surface area contributed by atoms with E-state index >= 15 is 0 Å². The molecule has 22 heavy (non-hydrogen) atoms. The molecule has 0 saturated heterocycles. The Morgan fingerprint density at radius 3 is 2.00 bits per heavy atom. The number of aryl methyl sites for hydroxylation is 1. The first kappa shape index (κ1) is 16.8. The third-order valence-corrected chi connectivity index (χ3v) is 5.62. The molecule has 0 heterocycles. The molecule has 2 rings (SSSR count). The summed E-state index contributed by atoms with van der Waals surface area (Å²) < 4.78 is 49.1. The van der Waals surface area contributed by atoms with E-state index in [1.165, 1.54) is 6.07 Å². The number of hydrogen-bond acceptors (Lipinski definition) is 4. The van der Waals surface area contributed by atoms with Crippen molar-refractivity contribution in [2.75, 3.05) is 4.72 Å². The van der Waals surface area contributed by atoms with Gasteiger partial charge >= 0.3 is 0 Å². The average molecular weight is 361 g/mol. The van der Waals surface area contributed by atoms with Crippen molar-refractivity contribution >= 4 is 37.3 Å². The van der Waals surface area contributed by atoms with E-state index in [1.54, 1.807) is 19.1 Å². The molecule has 0 bridgehead atoms. The Hall–Kier alpha value is -1.61. The Kier molecular flexibility index (Phi) is 4.48. The third-order valence-electron chi connectivity index (χ3n) is 2.89. The van der Waals surface area contributed by atoms with E-state index in [0.717, 1.165) is 29.8 Å². The molecule has 0 radical (unpaired) electrons. The number of hydrogen-bond donors (Lipinski definition) is 2.